The smallest absolute Gasteiger partial charge is 0.490 e. The number of hydrogen-bond acceptors (Lipinski definition) is 9. The van der Waals surface area contributed by atoms with Gasteiger partial charge in [0.2, 0.25) is 0 Å². The number of aliphatic hydroxyl groups is 1. The van der Waals surface area contributed by atoms with Crippen LogP contribution in [0, 0.1) is 0 Å². The molecule has 0 aliphatic rings. The molecule has 1 amide bonds. The number of anilines is 2. The number of primary amides is 1. The zero-order valence-electron chi connectivity index (χ0n) is 27.2. The summed E-state index contributed by atoms with van der Waals surface area (Å²) < 4.78 is 74.4. The van der Waals surface area contributed by atoms with Crippen molar-refractivity contribution >= 4 is 40.1 Å². The maximum Gasteiger partial charge on any atom is 0.490 e. The Morgan fingerprint density at radius 2 is 1.43 bits per heavy atom. The van der Waals surface area contributed by atoms with Crippen molar-refractivity contribution < 1.29 is 65.5 Å². The van der Waals surface area contributed by atoms with Crippen molar-refractivity contribution in [2.75, 3.05) is 26.1 Å². The van der Waals surface area contributed by atoms with Crippen molar-refractivity contribution in [3.05, 3.63) is 89.1 Å². The fourth-order valence-corrected chi connectivity index (χ4v) is 4.45. The molecule has 1 atom stereocenters. The molecule has 12 nitrogen and oxygen atoms in total. The normalized spacial score (nSPS) is 11.6. The van der Waals surface area contributed by atoms with Gasteiger partial charge < -0.3 is 41.2 Å². The van der Waals surface area contributed by atoms with E-state index in [9.17, 15) is 36.2 Å². The molecule has 0 bridgehead atoms. The van der Waals surface area contributed by atoms with E-state index in [0.717, 1.165) is 28.8 Å². The van der Waals surface area contributed by atoms with Crippen LogP contribution in [0.4, 0.5) is 37.7 Å². The van der Waals surface area contributed by atoms with Gasteiger partial charge in [-0.1, -0.05) is 49.4 Å². The summed E-state index contributed by atoms with van der Waals surface area (Å²) in [4.78, 5) is 34.5. The minimum atomic E-state index is -5.08. The van der Waals surface area contributed by atoms with Crippen LogP contribution >= 0.6 is 0 Å². The van der Waals surface area contributed by atoms with Crippen LogP contribution in [0.5, 0.6) is 11.5 Å². The molecular weight excluding hydrogens is 694 g/mol. The van der Waals surface area contributed by atoms with Crippen LogP contribution in [0.1, 0.15) is 40.1 Å². The van der Waals surface area contributed by atoms with Crippen LogP contribution in [-0.2, 0) is 22.6 Å². The number of hydrogen-bond donors (Lipinski definition) is 6. The lowest BCUT2D eigenvalue weighted by atomic mass is 10.0. The van der Waals surface area contributed by atoms with Crippen molar-refractivity contribution in [2.45, 2.75) is 38.3 Å². The van der Waals surface area contributed by atoms with E-state index in [-0.39, 0.29) is 5.56 Å². The van der Waals surface area contributed by atoms with Crippen molar-refractivity contribution in [3.63, 3.8) is 0 Å². The summed E-state index contributed by atoms with van der Waals surface area (Å²) in [6.45, 7) is 3.08. The Bertz CT molecular complexity index is 1780. The molecule has 0 fully saturated rings. The second-order valence-electron chi connectivity index (χ2n) is 10.2. The van der Waals surface area contributed by atoms with E-state index in [1.807, 2.05) is 42.5 Å². The SMILES string of the molecule is CCc1c(CNCC(O)c2ccccc2)cccc1Nc1c(C(N)=O)cnc2cc(OC)c(OC)cc12.O=C(O)C(F)(F)F.O=C(O)C(F)(F)F. The monoisotopic (exact) mass is 728 g/mol. The van der Waals surface area contributed by atoms with E-state index in [1.165, 1.54) is 6.20 Å². The Kier molecular flexibility index (Phi) is 15.0. The lowest BCUT2D eigenvalue weighted by Crippen LogP contribution is -2.22. The number of carboxylic acid groups (broad SMARTS) is 2. The molecule has 51 heavy (non-hydrogen) atoms. The Labute approximate surface area is 286 Å². The maximum atomic E-state index is 12.3. The second kappa shape index (κ2) is 18.4. The standard InChI is InChI=1S/C29H32N4O4.2C2HF3O2/c1-4-20-19(15-31-17-25(34)18-9-6-5-7-10-18)11-8-12-23(20)33-28-21-13-26(36-2)27(37-3)14-24(21)32-16-22(28)29(30)35;2*3-2(4,5)1(6)7/h5-14,16,25,31,34H,4,15,17H2,1-3H3,(H2,30,35)(H,32,33);2*(H,6,7). The van der Waals surface area contributed by atoms with Crippen molar-refractivity contribution in [2.24, 2.45) is 5.73 Å². The number of amides is 1. The third-order valence-electron chi connectivity index (χ3n) is 6.85. The molecule has 0 aliphatic heterocycles. The fourth-order valence-electron chi connectivity index (χ4n) is 4.45. The predicted octanol–water partition coefficient (Wildman–Crippen LogP) is 5.75. The van der Waals surface area contributed by atoms with Crippen LogP contribution in [0.25, 0.3) is 10.9 Å². The number of ether oxygens (including phenoxy) is 2. The van der Waals surface area contributed by atoms with Crippen LogP contribution in [-0.4, -0.2) is 71.3 Å². The number of aliphatic hydroxyl groups excluding tert-OH is 1. The Balaban J connectivity index is 0.000000543. The van der Waals surface area contributed by atoms with E-state index in [2.05, 4.69) is 28.6 Å². The molecule has 4 aromatic rings. The number of pyridine rings is 1. The molecule has 0 spiro atoms. The molecule has 1 unspecified atom stereocenters. The number of aromatic nitrogens is 1. The topological polar surface area (TPSA) is 193 Å². The zero-order chi connectivity index (χ0) is 38.5. The molecule has 4 rings (SSSR count). The van der Waals surface area contributed by atoms with Gasteiger partial charge >= 0.3 is 24.3 Å². The van der Waals surface area contributed by atoms with Crippen LogP contribution < -0.4 is 25.8 Å². The van der Waals surface area contributed by atoms with E-state index < -0.39 is 36.3 Å². The van der Waals surface area contributed by atoms with Gasteiger partial charge in [0.25, 0.3) is 5.91 Å². The molecule has 0 radical (unpaired) electrons. The highest BCUT2D eigenvalue weighted by molar-refractivity contribution is 6.08. The van der Waals surface area contributed by atoms with Gasteiger partial charge in [0.1, 0.15) is 0 Å². The Morgan fingerprint density at radius 3 is 1.92 bits per heavy atom. The molecule has 276 valence electrons. The van der Waals surface area contributed by atoms with Crippen LogP contribution in [0.3, 0.4) is 0 Å². The first-order valence-corrected chi connectivity index (χ1v) is 14.6. The number of fused-ring (bicyclic) bond motifs is 1. The molecular formula is C33H34F6N4O8. The summed E-state index contributed by atoms with van der Waals surface area (Å²) in [7, 11) is 3.12. The molecule has 7 N–H and O–H groups in total. The molecule has 1 aromatic heterocycles. The number of nitrogens with zero attached hydrogens (tertiary/aromatic N) is 1. The minimum absolute atomic E-state index is 0.274. The summed E-state index contributed by atoms with van der Waals surface area (Å²) in [5, 5.41) is 32.2. The van der Waals surface area contributed by atoms with Crippen LogP contribution in [0.2, 0.25) is 0 Å². The second-order valence-corrected chi connectivity index (χ2v) is 10.2. The number of carboxylic acids is 2. The molecule has 0 aliphatic carbocycles. The number of benzene rings is 3. The van der Waals surface area contributed by atoms with Gasteiger partial charge in [-0.05, 0) is 35.2 Å². The number of carbonyl (C=O) groups is 3. The highest BCUT2D eigenvalue weighted by Gasteiger charge is 2.38. The van der Waals surface area contributed by atoms with Gasteiger partial charge in [0, 0.05) is 36.4 Å². The van der Waals surface area contributed by atoms with Crippen LogP contribution in [0.15, 0.2) is 66.9 Å². The Morgan fingerprint density at radius 1 is 0.882 bits per heavy atom. The van der Waals surface area contributed by atoms with Gasteiger partial charge in [0.05, 0.1) is 37.1 Å². The highest BCUT2D eigenvalue weighted by Crippen LogP contribution is 2.38. The molecule has 1 heterocycles. The van der Waals surface area contributed by atoms with E-state index in [0.29, 0.717) is 41.2 Å². The van der Waals surface area contributed by atoms with Gasteiger partial charge in [-0.3, -0.25) is 9.78 Å². The average molecular weight is 729 g/mol. The summed E-state index contributed by atoms with van der Waals surface area (Å²) in [5.41, 5.74) is 11.1. The molecule has 18 heteroatoms. The maximum absolute atomic E-state index is 12.3. The highest BCUT2D eigenvalue weighted by atomic mass is 19.4. The number of carbonyl (C=O) groups excluding carboxylic acids is 1. The lowest BCUT2D eigenvalue weighted by molar-refractivity contribution is -0.193. The first-order chi connectivity index (χ1) is 23.8. The number of rotatable bonds is 11. The fraction of sp³-hybridized carbons (Fsp3) is 0.273. The van der Waals surface area contributed by atoms with Crippen molar-refractivity contribution in [1.82, 2.24) is 10.3 Å². The van der Waals surface area contributed by atoms with Gasteiger partial charge in [-0.25, -0.2) is 9.59 Å². The van der Waals surface area contributed by atoms with E-state index in [1.54, 1.807) is 26.4 Å². The quantitative estimate of drug-likeness (QED) is 0.103. The average Bonchev–Trinajstić information content (AvgIpc) is 3.07. The minimum Gasteiger partial charge on any atom is -0.493 e. The number of alkyl halides is 6. The summed E-state index contributed by atoms with van der Waals surface area (Å²) in [6.07, 6.45) is -8.53. The zero-order valence-corrected chi connectivity index (χ0v) is 27.2. The van der Waals surface area contributed by atoms with Gasteiger partial charge in [-0.15, -0.1) is 0 Å². The molecule has 0 saturated carbocycles. The van der Waals surface area contributed by atoms with E-state index >= 15 is 0 Å². The predicted molar refractivity (Wildman–Crippen MR) is 173 cm³/mol. The largest absolute Gasteiger partial charge is 0.493 e. The van der Waals surface area contributed by atoms with Crippen molar-refractivity contribution in [3.8, 4) is 11.5 Å². The number of nitrogens with one attached hydrogen (secondary N) is 2. The molecule has 0 saturated heterocycles. The summed E-state index contributed by atoms with van der Waals surface area (Å²) in [5.74, 6) is -5.04. The number of nitrogens with two attached hydrogens (primary N) is 1. The number of aliphatic carboxylic acids is 2. The van der Waals surface area contributed by atoms with E-state index in [4.69, 9.17) is 35.0 Å². The number of halogens is 6. The molecule has 3 aromatic carbocycles. The van der Waals surface area contributed by atoms with Crippen molar-refractivity contribution in [1.29, 1.82) is 0 Å². The Hall–Kier alpha value is -5.62. The van der Waals surface area contributed by atoms with Gasteiger partial charge in [-0.2, -0.15) is 26.3 Å². The first kappa shape index (κ1) is 41.6. The number of methoxy groups -OCH3 is 2. The van der Waals surface area contributed by atoms with Gasteiger partial charge in [0.15, 0.2) is 11.5 Å². The summed E-state index contributed by atoms with van der Waals surface area (Å²) in [6, 6.07) is 19.1. The third kappa shape index (κ3) is 12.0. The third-order valence-corrected chi connectivity index (χ3v) is 6.85. The lowest BCUT2D eigenvalue weighted by Gasteiger charge is -2.19. The first-order valence-electron chi connectivity index (χ1n) is 14.6. The summed E-state index contributed by atoms with van der Waals surface area (Å²) >= 11 is 0.